The van der Waals surface area contributed by atoms with E-state index in [1.165, 1.54) is 5.56 Å². The Balaban J connectivity index is 2.22. The Morgan fingerprint density at radius 3 is 2.48 bits per heavy atom. The predicted octanol–water partition coefficient (Wildman–Crippen LogP) is 3.46. The number of rotatable bonds is 5. The smallest absolute Gasteiger partial charge is 0.191 e. The van der Waals surface area contributed by atoms with Crippen LogP contribution in [0.5, 0.6) is 0 Å². The van der Waals surface area contributed by atoms with Gasteiger partial charge in [0.2, 0.25) is 0 Å². The van der Waals surface area contributed by atoms with E-state index >= 15 is 0 Å². The average molecular weight is 382 g/mol. The fourth-order valence-corrected chi connectivity index (χ4v) is 3.19. The van der Waals surface area contributed by atoms with Gasteiger partial charge >= 0.3 is 0 Å². The Morgan fingerprint density at radius 1 is 1.26 bits per heavy atom. The van der Waals surface area contributed by atoms with Crippen molar-refractivity contribution < 1.29 is 4.74 Å². The van der Waals surface area contributed by atoms with E-state index < -0.39 is 0 Å². The van der Waals surface area contributed by atoms with Crippen LogP contribution in [-0.4, -0.2) is 38.3 Å². The summed E-state index contributed by atoms with van der Waals surface area (Å²) in [7, 11) is 0. The van der Waals surface area contributed by atoms with Crippen molar-refractivity contribution >= 4 is 21.9 Å². The molecule has 0 radical (unpaired) electrons. The summed E-state index contributed by atoms with van der Waals surface area (Å²) in [5.74, 6) is 0.894. The molecule has 1 aromatic carbocycles. The Morgan fingerprint density at radius 2 is 1.91 bits per heavy atom. The van der Waals surface area contributed by atoms with Crippen LogP contribution in [0, 0.1) is 0 Å². The average Bonchev–Trinajstić information content (AvgIpc) is 2.54. The van der Waals surface area contributed by atoms with Gasteiger partial charge in [-0.3, -0.25) is 4.99 Å². The van der Waals surface area contributed by atoms with Gasteiger partial charge in [0.05, 0.1) is 6.54 Å². The summed E-state index contributed by atoms with van der Waals surface area (Å²) in [6.07, 6.45) is 2.03. The van der Waals surface area contributed by atoms with Gasteiger partial charge in [0, 0.05) is 35.7 Å². The first kappa shape index (κ1) is 18.3. The molecular weight excluding hydrogens is 354 g/mol. The van der Waals surface area contributed by atoms with E-state index in [-0.39, 0.29) is 5.41 Å². The van der Waals surface area contributed by atoms with Crippen LogP contribution < -0.4 is 10.6 Å². The van der Waals surface area contributed by atoms with Gasteiger partial charge in [0.25, 0.3) is 0 Å². The predicted molar refractivity (Wildman–Crippen MR) is 100 cm³/mol. The molecule has 1 heterocycles. The Labute approximate surface area is 148 Å². The summed E-state index contributed by atoms with van der Waals surface area (Å²) in [5.41, 5.74) is 1.42. The summed E-state index contributed by atoms with van der Waals surface area (Å²) in [6.45, 7) is 9.61. The van der Waals surface area contributed by atoms with E-state index in [0.29, 0.717) is 6.04 Å². The second-order valence-corrected chi connectivity index (χ2v) is 7.31. The maximum absolute atomic E-state index is 5.60. The molecule has 2 N–H and O–H groups in total. The summed E-state index contributed by atoms with van der Waals surface area (Å²) in [6, 6.07) is 9.04. The van der Waals surface area contributed by atoms with Gasteiger partial charge < -0.3 is 15.4 Å². The fourth-order valence-electron chi connectivity index (χ4n) is 2.93. The molecule has 4 nitrogen and oxygen atoms in total. The van der Waals surface area contributed by atoms with Crippen molar-refractivity contribution in [2.75, 3.05) is 26.3 Å². The maximum atomic E-state index is 5.60. The third-order valence-electron chi connectivity index (χ3n) is 4.22. The zero-order chi connectivity index (χ0) is 16.7. The Bertz CT molecular complexity index is 508. The number of aliphatic imine (C=N–C) groups is 1. The van der Waals surface area contributed by atoms with E-state index in [0.717, 1.165) is 49.6 Å². The molecule has 0 aliphatic carbocycles. The number of nitrogens with one attached hydrogen (secondary N) is 2. The SMILES string of the molecule is CCNC(=NCC1(c2ccc(Br)cc2)CCOCC1)NC(C)C. The number of halogens is 1. The van der Waals surface area contributed by atoms with Crippen molar-refractivity contribution in [3.63, 3.8) is 0 Å². The second kappa shape index (κ2) is 8.69. The lowest BCUT2D eigenvalue weighted by Crippen LogP contribution is -2.43. The van der Waals surface area contributed by atoms with Gasteiger partial charge in [-0.15, -0.1) is 0 Å². The van der Waals surface area contributed by atoms with Gasteiger partial charge in [0.1, 0.15) is 0 Å². The summed E-state index contributed by atoms with van der Waals surface area (Å²) in [5, 5.41) is 6.73. The van der Waals surface area contributed by atoms with Gasteiger partial charge in [-0.25, -0.2) is 0 Å². The Hall–Kier alpha value is -1.07. The molecular formula is C18H28BrN3O. The fraction of sp³-hybridized carbons (Fsp3) is 0.611. The van der Waals surface area contributed by atoms with Gasteiger partial charge in [-0.1, -0.05) is 28.1 Å². The molecule has 0 spiro atoms. The minimum atomic E-state index is 0.0677. The molecule has 0 aromatic heterocycles. The van der Waals surface area contributed by atoms with Crippen LogP contribution in [0.1, 0.15) is 39.2 Å². The lowest BCUT2D eigenvalue weighted by molar-refractivity contribution is 0.0531. The van der Waals surface area contributed by atoms with E-state index in [1.807, 2.05) is 0 Å². The van der Waals surface area contributed by atoms with Crippen LogP contribution in [0.15, 0.2) is 33.7 Å². The third kappa shape index (κ3) is 5.21. The molecule has 0 unspecified atom stereocenters. The van der Waals surface area contributed by atoms with E-state index in [9.17, 15) is 0 Å². The topological polar surface area (TPSA) is 45.7 Å². The monoisotopic (exact) mass is 381 g/mol. The summed E-state index contributed by atoms with van der Waals surface area (Å²) >= 11 is 3.52. The molecule has 23 heavy (non-hydrogen) atoms. The molecule has 0 amide bonds. The molecule has 0 bridgehead atoms. The lowest BCUT2D eigenvalue weighted by Gasteiger charge is -2.36. The zero-order valence-electron chi connectivity index (χ0n) is 14.4. The van der Waals surface area contributed by atoms with E-state index in [2.05, 4.69) is 71.6 Å². The van der Waals surface area contributed by atoms with Crippen LogP contribution in [0.25, 0.3) is 0 Å². The molecule has 1 aliphatic heterocycles. The Kier molecular flexibility index (Phi) is 6.90. The van der Waals surface area contributed by atoms with Crippen molar-refractivity contribution in [1.82, 2.24) is 10.6 Å². The van der Waals surface area contributed by atoms with Crippen LogP contribution in [0.3, 0.4) is 0 Å². The quantitative estimate of drug-likeness (QED) is 0.606. The molecule has 0 saturated carbocycles. The highest BCUT2D eigenvalue weighted by molar-refractivity contribution is 9.10. The molecule has 2 rings (SSSR count). The van der Waals surface area contributed by atoms with E-state index in [1.54, 1.807) is 0 Å². The highest BCUT2D eigenvalue weighted by atomic mass is 79.9. The minimum Gasteiger partial charge on any atom is -0.381 e. The number of hydrogen-bond donors (Lipinski definition) is 2. The number of ether oxygens (including phenoxy) is 1. The second-order valence-electron chi connectivity index (χ2n) is 6.39. The van der Waals surface area contributed by atoms with Crippen molar-refractivity contribution in [1.29, 1.82) is 0 Å². The van der Waals surface area contributed by atoms with Gasteiger partial charge in [-0.2, -0.15) is 0 Å². The van der Waals surface area contributed by atoms with Crippen LogP contribution in [0.2, 0.25) is 0 Å². The standard InChI is InChI=1S/C18H28BrN3O/c1-4-20-17(22-14(2)3)21-13-18(9-11-23-12-10-18)15-5-7-16(19)8-6-15/h5-8,14H,4,9-13H2,1-3H3,(H2,20,21,22). The van der Waals surface area contributed by atoms with Crippen molar-refractivity contribution in [2.45, 2.75) is 45.1 Å². The highest BCUT2D eigenvalue weighted by Crippen LogP contribution is 2.35. The van der Waals surface area contributed by atoms with Gasteiger partial charge in [0.15, 0.2) is 5.96 Å². The molecule has 128 valence electrons. The van der Waals surface area contributed by atoms with Crippen molar-refractivity contribution in [2.24, 2.45) is 4.99 Å². The normalized spacial score (nSPS) is 18.0. The maximum Gasteiger partial charge on any atom is 0.191 e. The first-order chi connectivity index (χ1) is 11.1. The van der Waals surface area contributed by atoms with Crippen molar-refractivity contribution in [3.8, 4) is 0 Å². The first-order valence-electron chi connectivity index (χ1n) is 8.44. The number of hydrogen-bond acceptors (Lipinski definition) is 2. The van der Waals surface area contributed by atoms with Crippen LogP contribution >= 0.6 is 15.9 Å². The molecule has 1 aromatic rings. The zero-order valence-corrected chi connectivity index (χ0v) is 15.9. The number of guanidine groups is 1. The highest BCUT2D eigenvalue weighted by Gasteiger charge is 2.34. The van der Waals surface area contributed by atoms with Gasteiger partial charge in [-0.05, 0) is 51.3 Å². The molecule has 1 fully saturated rings. The molecule has 0 atom stereocenters. The van der Waals surface area contributed by atoms with E-state index in [4.69, 9.17) is 9.73 Å². The third-order valence-corrected chi connectivity index (χ3v) is 4.74. The first-order valence-corrected chi connectivity index (χ1v) is 9.24. The lowest BCUT2D eigenvalue weighted by atomic mass is 9.74. The van der Waals surface area contributed by atoms with Crippen LogP contribution in [0.4, 0.5) is 0 Å². The van der Waals surface area contributed by atoms with Crippen LogP contribution in [-0.2, 0) is 10.2 Å². The number of nitrogens with zero attached hydrogens (tertiary/aromatic N) is 1. The molecule has 5 heteroatoms. The number of benzene rings is 1. The summed E-state index contributed by atoms with van der Waals surface area (Å²) < 4.78 is 6.71. The molecule has 1 aliphatic rings. The minimum absolute atomic E-state index is 0.0677. The summed E-state index contributed by atoms with van der Waals surface area (Å²) in [4.78, 5) is 4.88. The van der Waals surface area contributed by atoms with Crippen molar-refractivity contribution in [3.05, 3.63) is 34.3 Å². The molecule has 1 saturated heterocycles. The largest absolute Gasteiger partial charge is 0.381 e.